The zero-order valence-corrected chi connectivity index (χ0v) is 11.5. The van der Waals surface area contributed by atoms with Crippen molar-refractivity contribution in [1.29, 1.82) is 0 Å². The molecule has 3 heteroatoms. The number of ether oxygens (including phenoxy) is 1. The first-order valence-corrected chi connectivity index (χ1v) is 6.73. The first kappa shape index (κ1) is 14.1. The van der Waals surface area contributed by atoms with Crippen LogP contribution in [0.4, 0.5) is 0 Å². The Bertz CT molecular complexity index is 563. The van der Waals surface area contributed by atoms with Gasteiger partial charge in [-0.1, -0.05) is 49.4 Å². The number of benzene rings is 2. The largest absolute Gasteiger partial charge is 0.507 e. The topological polar surface area (TPSA) is 46.5 Å². The van der Waals surface area contributed by atoms with E-state index in [1.165, 1.54) is 6.07 Å². The molecule has 2 aromatic rings. The van der Waals surface area contributed by atoms with Gasteiger partial charge in [-0.2, -0.15) is 0 Å². The van der Waals surface area contributed by atoms with Crippen LogP contribution in [0.2, 0.25) is 0 Å². The van der Waals surface area contributed by atoms with Crippen molar-refractivity contribution in [2.75, 3.05) is 0 Å². The third kappa shape index (κ3) is 3.60. The molecule has 0 saturated heterocycles. The Morgan fingerprint density at radius 2 is 1.75 bits per heavy atom. The maximum Gasteiger partial charge on any atom is 0.342 e. The predicted octanol–water partition coefficient (Wildman–Crippen LogP) is 3.57. The van der Waals surface area contributed by atoms with Crippen molar-refractivity contribution in [2.45, 2.75) is 25.9 Å². The van der Waals surface area contributed by atoms with Gasteiger partial charge in [0.1, 0.15) is 17.4 Å². The molecule has 0 heterocycles. The van der Waals surface area contributed by atoms with E-state index in [1.54, 1.807) is 18.2 Å². The molecule has 0 spiro atoms. The maximum absolute atomic E-state index is 12.0. The van der Waals surface area contributed by atoms with Crippen LogP contribution in [-0.4, -0.2) is 17.2 Å². The summed E-state index contributed by atoms with van der Waals surface area (Å²) in [5, 5.41) is 9.66. The van der Waals surface area contributed by atoms with Crippen LogP contribution in [0, 0.1) is 0 Å². The summed E-state index contributed by atoms with van der Waals surface area (Å²) in [5.74, 6) is -0.530. The second kappa shape index (κ2) is 6.75. The fraction of sp³-hybridized carbons (Fsp3) is 0.235. The Morgan fingerprint density at radius 3 is 2.40 bits per heavy atom. The summed E-state index contributed by atoms with van der Waals surface area (Å²) in [5.41, 5.74) is 1.34. The van der Waals surface area contributed by atoms with E-state index in [9.17, 15) is 9.90 Å². The summed E-state index contributed by atoms with van der Waals surface area (Å²) in [6.45, 7) is 1.98. The highest BCUT2D eigenvalue weighted by Crippen LogP contribution is 2.19. The molecule has 2 rings (SSSR count). The third-order valence-electron chi connectivity index (χ3n) is 3.16. The molecule has 0 aromatic heterocycles. The molecule has 0 aliphatic heterocycles. The van der Waals surface area contributed by atoms with E-state index in [0.29, 0.717) is 6.42 Å². The lowest BCUT2D eigenvalue weighted by Gasteiger charge is -2.16. The summed E-state index contributed by atoms with van der Waals surface area (Å²) < 4.78 is 5.47. The number of para-hydroxylation sites is 1. The number of esters is 1. The summed E-state index contributed by atoms with van der Waals surface area (Å²) >= 11 is 0. The first-order valence-electron chi connectivity index (χ1n) is 6.73. The van der Waals surface area contributed by atoms with Crippen molar-refractivity contribution in [3.63, 3.8) is 0 Å². The van der Waals surface area contributed by atoms with Crippen molar-refractivity contribution in [3.05, 3.63) is 65.7 Å². The van der Waals surface area contributed by atoms with E-state index in [1.807, 2.05) is 37.3 Å². The molecule has 104 valence electrons. The highest BCUT2D eigenvalue weighted by Gasteiger charge is 2.17. The molecule has 0 aliphatic carbocycles. The van der Waals surface area contributed by atoms with Crippen LogP contribution in [0.3, 0.4) is 0 Å². The van der Waals surface area contributed by atoms with Gasteiger partial charge in [0.25, 0.3) is 0 Å². The van der Waals surface area contributed by atoms with E-state index in [4.69, 9.17) is 4.74 Å². The Morgan fingerprint density at radius 1 is 1.10 bits per heavy atom. The van der Waals surface area contributed by atoms with Crippen LogP contribution in [0.25, 0.3) is 0 Å². The summed E-state index contributed by atoms with van der Waals surface area (Å²) in [6.07, 6.45) is 1.22. The van der Waals surface area contributed by atoms with E-state index in [2.05, 4.69) is 0 Å². The number of carbonyl (C=O) groups excluding carboxylic acids is 1. The molecule has 1 N–H and O–H groups in total. The Labute approximate surface area is 118 Å². The molecule has 1 unspecified atom stereocenters. The second-order valence-electron chi connectivity index (χ2n) is 4.64. The normalized spacial score (nSPS) is 11.8. The monoisotopic (exact) mass is 270 g/mol. The van der Waals surface area contributed by atoms with Gasteiger partial charge in [0.15, 0.2) is 0 Å². The standard InChI is InChI=1S/C17H18O3/c1-2-14(12-13-8-4-3-5-9-13)20-17(19)15-10-6-7-11-16(15)18/h3-11,14,18H,2,12H2,1H3. The lowest BCUT2D eigenvalue weighted by atomic mass is 10.1. The number of hydrogen-bond acceptors (Lipinski definition) is 3. The van der Waals surface area contributed by atoms with Crippen LogP contribution < -0.4 is 0 Å². The number of phenolic OH excluding ortho intramolecular Hbond substituents is 1. The SMILES string of the molecule is CCC(Cc1ccccc1)OC(=O)c1ccccc1O. The molecule has 3 nitrogen and oxygen atoms in total. The smallest absolute Gasteiger partial charge is 0.342 e. The third-order valence-corrected chi connectivity index (χ3v) is 3.16. The van der Waals surface area contributed by atoms with Crippen molar-refractivity contribution >= 4 is 5.97 Å². The fourth-order valence-corrected chi connectivity index (χ4v) is 2.01. The molecule has 2 aromatic carbocycles. The van der Waals surface area contributed by atoms with Crippen molar-refractivity contribution in [3.8, 4) is 5.75 Å². The van der Waals surface area contributed by atoms with Crippen LogP contribution in [0.5, 0.6) is 5.75 Å². The molecule has 0 amide bonds. The van der Waals surface area contributed by atoms with Crippen molar-refractivity contribution in [1.82, 2.24) is 0 Å². The molecule has 0 saturated carbocycles. The average Bonchev–Trinajstić information content (AvgIpc) is 2.48. The molecule has 0 fully saturated rings. The second-order valence-corrected chi connectivity index (χ2v) is 4.64. The molecule has 0 aliphatic rings. The molecule has 20 heavy (non-hydrogen) atoms. The van der Waals surface area contributed by atoms with Gasteiger partial charge in [0.2, 0.25) is 0 Å². The summed E-state index contributed by atoms with van der Waals surface area (Å²) in [7, 11) is 0. The van der Waals surface area contributed by atoms with E-state index in [-0.39, 0.29) is 17.4 Å². The van der Waals surface area contributed by atoms with Gasteiger partial charge in [-0.25, -0.2) is 4.79 Å². The summed E-state index contributed by atoms with van der Waals surface area (Å²) in [4.78, 5) is 12.0. The van der Waals surface area contributed by atoms with Gasteiger partial charge >= 0.3 is 5.97 Å². The van der Waals surface area contributed by atoms with Gasteiger partial charge < -0.3 is 9.84 Å². The quantitative estimate of drug-likeness (QED) is 0.845. The van der Waals surface area contributed by atoms with E-state index in [0.717, 1.165) is 12.0 Å². The molecular formula is C17H18O3. The number of phenols is 1. The minimum atomic E-state index is -0.481. The van der Waals surface area contributed by atoms with Gasteiger partial charge in [-0.15, -0.1) is 0 Å². The van der Waals surface area contributed by atoms with Crippen LogP contribution >= 0.6 is 0 Å². The average molecular weight is 270 g/mol. The Balaban J connectivity index is 2.03. The summed E-state index contributed by atoms with van der Waals surface area (Å²) in [6, 6.07) is 16.3. The Kier molecular flexibility index (Phi) is 4.77. The van der Waals surface area contributed by atoms with E-state index < -0.39 is 5.97 Å². The van der Waals surface area contributed by atoms with Gasteiger partial charge in [-0.05, 0) is 24.1 Å². The number of aromatic hydroxyl groups is 1. The number of hydrogen-bond donors (Lipinski definition) is 1. The van der Waals surface area contributed by atoms with Crippen LogP contribution in [-0.2, 0) is 11.2 Å². The number of carbonyl (C=O) groups is 1. The molecular weight excluding hydrogens is 252 g/mol. The van der Waals surface area contributed by atoms with Crippen molar-refractivity contribution < 1.29 is 14.6 Å². The first-order chi connectivity index (χ1) is 9.70. The number of rotatable bonds is 5. The fourth-order valence-electron chi connectivity index (χ4n) is 2.01. The molecule has 1 atom stereocenters. The lowest BCUT2D eigenvalue weighted by Crippen LogP contribution is -2.20. The van der Waals surface area contributed by atoms with Gasteiger partial charge in [-0.3, -0.25) is 0 Å². The zero-order chi connectivity index (χ0) is 14.4. The van der Waals surface area contributed by atoms with Gasteiger partial charge in [0.05, 0.1) is 0 Å². The Hall–Kier alpha value is -2.29. The maximum atomic E-state index is 12.0. The highest BCUT2D eigenvalue weighted by molar-refractivity contribution is 5.92. The zero-order valence-electron chi connectivity index (χ0n) is 11.5. The minimum absolute atomic E-state index is 0.0490. The van der Waals surface area contributed by atoms with E-state index >= 15 is 0 Å². The van der Waals surface area contributed by atoms with Gasteiger partial charge in [0, 0.05) is 6.42 Å². The molecule has 0 radical (unpaired) electrons. The predicted molar refractivity (Wildman–Crippen MR) is 77.7 cm³/mol. The van der Waals surface area contributed by atoms with Crippen molar-refractivity contribution in [2.24, 2.45) is 0 Å². The van der Waals surface area contributed by atoms with Crippen LogP contribution in [0.15, 0.2) is 54.6 Å². The highest BCUT2D eigenvalue weighted by atomic mass is 16.5. The lowest BCUT2D eigenvalue weighted by molar-refractivity contribution is 0.0291. The molecule has 0 bridgehead atoms. The van der Waals surface area contributed by atoms with Crippen LogP contribution in [0.1, 0.15) is 29.3 Å². The minimum Gasteiger partial charge on any atom is -0.507 e.